The summed E-state index contributed by atoms with van der Waals surface area (Å²) in [7, 11) is 0. The molecule has 1 saturated heterocycles. The zero-order chi connectivity index (χ0) is 21.9. The van der Waals surface area contributed by atoms with Crippen molar-refractivity contribution in [2.24, 2.45) is 17.3 Å². The van der Waals surface area contributed by atoms with Crippen molar-refractivity contribution in [2.45, 2.75) is 19.8 Å². The maximum absolute atomic E-state index is 13.5. The van der Waals surface area contributed by atoms with Crippen LogP contribution in [0.25, 0.3) is 22.5 Å². The molecule has 8 nitrogen and oxygen atoms in total. The Kier molecular flexibility index (Phi) is 3.96. The topological polar surface area (TPSA) is 92.1 Å². The molecule has 1 saturated carbocycles. The van der Waals surface area contributed by atoms with Gasteiger partial charge in [0.1, 0.15) is 5.41 Å². The fourth-order valence-electron chi connectivity index (χ4n) is 4.98. The van der Waals surface area contributed by atoms with Crippen LogP contribution < -0.4 is 4.90 Å². The van der Waals surface area contributed by atoms with Crippen molar-refractivity contribution in [1.29, 1.82) is 5.26 Å². The summed E-state index contributed by atoms with van der Waals surface area (Å²) in [6.07, 6.45) is 11.0. The van der Waals surface area contributed by atoms with Crippen molar-refractivity contribution < 1.29 is 4.79 Å². The molecule has 0 bridgehead atoms. The molecule has 0 aromatic carbocycles. The van der Waals surface area contributed by atoms with Gasteiger partial charge in [0.05, 0.1) is 23.5 Å². The normalized spacial score (nSPS) is 23.1. The second-order valence-corrected chi connectivity index (χ2v) is 8.71. The molecule has 5 heterocycles. The van der Waals surface area contributed by atoms with Crippen molar-refractivity contribution >= 4 is 17.1 Å². The SMILES string of the molecule is C[C@@H]1CN(c2ccnn3cc(-c4cnn(-c5ccccn5)c4)cc23)C(=O)[C@]1(C#N)C1CC1. The molecule has 1 aliphatic carbocycles. The van der Waals surface area contributed by atoms with Gasteiger partial charge in [-0.1, -0.05) is 13.0 Å². The zero-order valence-corrected chi connectivity index (χ0v) is 17.6. The first kappa shape index (κ1) is 18.8. The van der Waals surface area contributed by atoms with E-state index in [0.717, 1.165) is 41.0 Å². The first-order chi connectivity index (χ1) is 15.6. The number of amides is 1. The van der Waals surface area contributed by atoms with E-state index in [4.69, 9.17) is 0 Å². The second-order valence-electron chi connectivity index (χ2n) is 8.71. The number of pyridine rings is 1. The van der Waals surface area contributed by atoms with E-state index in [-0.39, 0.29) is 17.7 Å². The molecule has 4 aromatic rings. The summed E-state index contributed by atoms with van der Waals surface area (Å²) >= 11 is 0. The van der Waals surface area contributed by atoms with E-state index in [0.29, 0.717) is 6.54 Å². The van der Waals surface area contributed by atoms with Crippen LogP contribution in [0.1, 0.15) is 19.8 Å². The van der Waals surface area contributed by atoms with E-state index < -0.39 is 5.41 Å². The smallest absolute Gasteiger partial charge is 0.248 e. The second kappa shape index (κ2) is 6.76. The Morgan fingerprint density at radius 2 is 2.00 bits per heavy atom. The Labute approximate surface area is 184 Å². The van der Waals surface area contributed by atoms with Crippen molar-refractivity contribution in [3.05, 3.63) is 61.3 Å². The summed E-state index contributed by atoms with van der Waals surface area (Å²) in [6.45, 7) is 2.56. The third-order valence-corrected chi connectivity index (χ3v) is 6.82. The highest BCUT2D eigenvalue weighted by Gasteiger charge is 2.61. The van der Waals surface area contributed by atoms with Crippen LogP contribution in [0.2, 0.25) is 0 Å². The average Bonchev–Trinajstić information content (AvgIpc) is 3.29. The van der Waals surface area contributed by atoms with Crippen molar-refractivity contribution in [1.82, 2.24) is 24.4 Å². The van der Waals surface area contributed by atoms with E-state index in [2.05, 4.69) is 21.3 Å². The first-order valence-corrected chi connectivity index (χ1v) is 10.8. The van der Waals surface area contributed by atoms with Gasteiger partial charge in [0, 0.05) is 48.4 Å². The lowest BCUT2D eigenvalue weighted by atomic mass is 9.75. The summed E-state index contributed by atoms with van der Waals surface area (Å²) in [4.78, 5) is 19.6. The fraction of sp³-hybridized carbons (Fsp3) is 0.292. The predicted octanol–water partition coefficient (Wildman–Crippen LogP) is 3.48. The van der Waals surface area contributed by atoms with Crippen LogP contribution >= 0.6 is 0 Å². The zero-order valence-electron chi connectivity index (χ0n) is 17.6. The highest BCUT2D eigenvalue weighted by atomic mass is 16.2. The Bertz CT molecular complexity index is 1380. The minimum Gasteiger partial charge on any atom is -0.309 e. The van der Waals surface area contributed by atoms with Gasteiger partial charge in [-0.05, 0) is 43.0 Å². The molecule has 2 atom stereocenters. The molecule has 6 rings (SSSR count). The molecular formula is C24H21N7O. The molecule has 1 aliphatic heterocycles. The molecule has 1 amide bonds. The van der Waals surface area contributed by atoms with Crippen molar-refractivity contribution in [2.75, 3.05) is 11.4 Å². The molecule has 32 heavy (non-hydrogen) atoms. The van der Waals surface area contributed by atoms with Crippen LogP contribution in [0.15, 0.2) is 61.3 Å². The summed E-state index contributed by atoms with van der Waals surface area (Å²) in [5.74, 6) is 0.837. The van der Waals surface area contributed by atoms with Gasteiger partial charge in [0.2, 0.25) is 5.91 Å². The number of carbonyl (C=O) groups excluding carboxylic acids is 1. The van der Waals surface area contributed by atoms with Crippen LogP contribution in [-0.2, 0) is 4.79 Å². The van der Waals surface area contributed by atoms with Crippen LogP contribution in [-0.4, -0.2) is 36.8 Å². The Morgan fingerprint density at radius 1 is 1.12 bits per heavy atom. The molecule has 2 aliphatic rings. The number of carbonyl (C=O) groups is 1. The van der Waals surface area contributed by atoms with Gasteiger partial charge in [-0.2, -0.15) is 15.5 Å². The lowest BCUT2D eigenvalue weighted by Crippen LogP contribution is -2.37. The van der Waals surface area contributed by atoms with Gasteiger partial charge in [-0.15, -0.1) is 0 Å². The minimum absolute atomic E-state index is 0.00764. The number of anilines is 1. The average molecular weight is 423 g/mol. The van der Waals surface area contributed by atoms with Gasteiger partial charge in [0.15, 0.2) is 5.82 Å². The van der Waals surface area contributed by atoms with Crippen LogP contribution in [0.5, 0.6) is 0 Å². The predicted molar refractivity (Wildman–Crippen MR) is 118 cm³/mol. The monoisotopic (exact) mass is 423 g/mol. The summed E-state index contributed by atoms with van der Waals surface area (Å²) in [5, 5.41) is 18.8. The van der Waals surface area contributed by atoms with Gasteiger partial charge >= 0.3 is 0 Å². The molecule has 158 valence electrons. The van der Waals surface area contributed by atoms with E-state index in [9.17, 15) is 10.1 Å². The third kappa shape index (κ3) is 2.61. The van der Waals surface area contributed by atoms with Crippen molar-refractivity contribution in [3.8, 4) is 23.0 Å². The maximum atomic E-state index is 13.5. The standard InChI is InChI=1S/C24H21N7O/c1-16-12-29(23(32)24(16,15-25)19-5-6-19)20-7-9-27-30-13-17(10-21(20)30)18-11-28-31(14-18)22-4-2-3-8-26-22/h2-4,7-11,13-14,16,19H,5-6,12H2,1H3/t16-,24+/m1/s1. The molecule has 8 heteroatoms. The number of rotatable bonds is 4. The highest BCUT2D eigenvalue weighted by Crippen LogP contribution is 2.54. The molecule has 0 radical (unpaired) electrons. The molecule has 0 unspecified atom stereocenters. The summed E-state index contributed by atoms with van der Waals surface area (Å²) in [5.41, 5.74) is 2.59. The van der Waals surface area contributed by atoms with Gasteiger partial charge in [0.25, 0.3) is 0 Å². The number of fused-ring (bicyclic) bond motifs is 1. The van der Waals surface area contributed by atoms with E-state index in [1.54, 1.807) is 32.7 Å². The number of hydrogen-bond donors (Lipinski definition) is 0. The van der Waals surface area contributed by atoms with Gasteiger partial charge in [-0.3, -0.25) is 4.79 Å². The summed E-state index contributed by atoms with van der Waals surface area (Å²) < 4.78 is 3.51. The molecule has 4 aromatic heterocycles. The Hall–Kier alpha value is -3.99. The van der Waals surface area contributed by atoms with Crippen LogP contribution in [0.3, 0.4) is 0 Å². The minimum atomic E-state index is -0.903. The largest absolute Gasteiger partial charge is 0.309 e. The number of aromatic nitrogens is 5. The van der Waals surface area contributed by atoms with E-state index in [1.807, 2.05) is 49.6 Å². The first-order valence-electron chi connectivity index (χ1n) is 10.8. The van der Waals surface area contributed by atoms with E-state index in [1.165, 1.54) is 0 Å². The lowest BCUT2D eigenvalue weighted by Gasteiger charge is -2.23. The third-order valence-electron chi connectivity index (χ3n) is 6.82. The Morgan fingerprint density at radius 3 is 2.75 bits per heavy atom. The van der Waals surface area contributed by atoms with E-state index >= 15 is 0 Å². The lowest BCUT2D eigenvalue weighted by molar-refractivity contribution is -0.124. The van der Waals surface area contributed by atoms with Gasteiger partial charge < -0.3 is 4.90 Å². The van der Waals surface area contributed by atoms with Crippen LogP contribution in [0, 0.1) is 28.6 Å². The molecule has 0 spiro atoms. The molecule has 2 fully saturated rings. The molecular weight excluding hydrogens is 402 g/mol. The Balaban J connectivity index is 1.39. The number of hydrogen-bond acceptors (Lipinski definition) is 5. The number of nitrogens with zero attached hydrogens (tertiary/aromatic N) is 7. The maximum Gasteiger partial charge on any atom is 0.248 e. The van der Waals surface area contributed by atoms with Crippen molar-refractivity contribution in [3.63, 3.8) is 0 Å². The van der Waals surface area contributed by atoms with Gasteiger partial charge in [-0.25, -0.2) is 14.2 Å². The quantitative estimate of drug-likeness (QED) is 0.501. The fourth-order valence-corrected chi connectivity index (χ4v) is 4.98. The highest BCUT2D eigenvalue weighted by molar-refractivity contribution is 6.05. The number of nitriles is 1. The summed E-state index contributed by atoms with van der Waals surface area (Å²) in [6, 6.07) is 12.0. The molecule has 0 N–H and O–H groups in total. The van der Waals surface area contributed by atoms with Crippen LogP contribution in [0.4, 0.5) is 5.69 Å².